The van der Waals surface area contributed by atoms with Crippen LogP contribution in [0.4, 0.5) is 0 Å². The molecule has 7 heteroatoms. The maximum atomic E-state index is 5.57. The minimum atomic E-state index is 0. The van der Waals surface area contributed by atoms with Crippen molar-refractivity contribution in [1.29, 1.82) is 0 Å². The van der Waals surface area contributed by atoms with Gasteiger partial charge in [0.1, 0.15) is 0 Å². The number of methoxy groups -OCH3 is 1. The number of ether oxygens (including phenoxy) is 2. The zero-order valence-corrected chi connectivity index (χ0v) is 18.7. The van der Waals surface area contributed by atoms with Crippen molar-refractivity contribution in [2.24, 2.45) is 10.9 Å². The summed E-state index contributed by atoms with van der Waals surface area (Å²) >= 11 is 0. The van der Waals surface area contributed by atoms with Gasteiger partial charge in [0.15, 0.2) is 5.96 Å². The Kier molecular flexibility index (Phi) is 17.2. The van der Waals surface area contributed by atoms with Gasteiger partial charge in [-0.25, -0.2) is 0 Å². The van der Waals surface area contributed by atoms with Crippen molar-refractivity contribution in [2.75, 3.05) is 66.7 Å². The van der Waals surface area contributed by atoms with E-state index in [2.05, 4.69) is 27.4 Å². The number of nitrogens with one attached hydrogen (secondary N) is 2. The van der Waals surface area contributed by atoms with Crippen LogP contribution in [0, 0.1) is 5.92 Å². The van der Waals surface area contributed by atoms with Crippen LogP contribution in [0.15, 0.2) is 4.99 Å². The molecule has 1 rings (SSSR count). The molecule has 1 saturated heterocycles. The molecule has 25 heavy (non-hydrogen) atoms. The monoisotopic (exact) mass is 470 g/mol. The molecule has 0 aliphatic carbocycles. The highest BCUT2D eigenvalue weighted by Gasteiger charge is 2.18. The summed E-state index contributed by atoms with van der Waals surface area (Å²) in [5.74, 6) is 1.64. The summed E-state index contributed by atoms with van der Waals surface area (Å²) in [5, 5.41) is 6.83. The Balaban J connectivity index is 0.00000576. The Hall–Kier alpha value is -0.120. The van der Waals surface area contributed by atoms with E-state index in [1.54, 1.807) is 7.11 Å². The van der Waals surface area contributed by atoms with Gasteiger partial charge in [-0.3, -0.25) is 4.99 Å². The van der Waals surface area contributed by atoms with Crippen molar-refractivity contribution in [3.63, 3.8) is 0 Å². The first-order valence-electron chi connectivity index (χ1n) is 9.53. The van der Waals surface area contributed by atoms with Crippen LogP contribution in [0.1, 0.15) is 39.0 Å². The van der Waals surface area contributed by atoms with Crippen LogP contribution in [-0.2, 0) is 9.47 Å². The number of halogens is 1. The molecule has 0 saturated carbocycles. The lowest BCUT2D eigenvalue weighted by atomic mass is 9.97. The van der Waals surface area contributed by atoms with Gasteiger partial charge in [0.2, 0.25) is 0 Å². The van der Waals surface area contributed by atoms with Crippen molar-refractivity contribution in [1.82, 2.24) is 15.5 Å². The van der Waals surface area contributed by atoms with Crippen LogP contribution in [0.5, 0.6) is 0 Å². The van der Waals surface area contributed by atoms with E-state index in [-0.39, 0.29) is 24.0 Å². The smallest absolute Gasteiger partial charge is 0.190 e. The lowest BCUT2D eigenvalue weighted by Crippen LogP contribution is -2.43. The molecule has 0 amide bonds. The average Bonchev–Trinajstić information content (AvgIpc) is 2.62. The first kappa shape index (κ1) is 24.9. The molecule has 0 aromatic heterocycles. The molecule has 1 heterocycles. The lowest BCUT2D eigenvalue weighted by molar-refractivity contribution is 0.120. The van der Waals surface area contributed by atoms with Crippen LogP contribution in [-0.4, -0.2) is 77.6 Å². The maximum Gasteiger partial charge on any atom is 0.190 e. The normalized spacial score (nSPS) is 16.5. The van der Waals surface area contributed by atoms with Gasteiger partial charge in [0.05, 0.1) is 6.61 Å². The minimum Gasteiger partial charge on any atom is -0.383 e. The van der Waals surface area contributed by atoms with E-state index in [1.807, 2.05) is 7.05 Å². The Bertz CT molecular complexity index is 324. The van der Waals surface area contributed by atoms with Crippen LogP contribution in [0.3, 0.4) is 0 Å². The first-order chi connectivity index (χ1) is 11.8. The number of likely N-dealkylation sites (tertiary alicyclic amines) is 1. The second-order valence-corrected chi connectivity index (χ2v) is 6.48. The minimum absolute atomic E-state index is 0. The van der Waals surface area contributed by atoms with E-state index >= 15 is 0 Å². The predicted octanol–water partition coefficient (Wildman–Crippen LogP) is 2.33. The van der Waals surface area contributed by atoms with Crippen LogP contribution < -0.4 is 10.6 Å². The van der Waals surface area contributed by atoms with E-state index in [0.717, 1.165) is 64.2 Å². The van der Waals surface area contributed by atoms with Gasteiger partial charge < -0.3 is 25.0 Å². The molecule has 1 aliphatic rings. The number of aliphatic imine (C=N–C) groups is 1. The third kappa shape index (κ3) is 12.8. The molecule has 1 aliphatic heterocycles. The first-order valence-corrected chi connectivity index (χ1v) is 9.53. The SMILES string of the molecule is CCCCOCCCNC(=NC)NCC1CCN(CCOC)CC1.I. The van der Waals surface area contributed by atoms with Crippen molar-refractivity contribution in [3.8, 4) is 0 Å². The summed E-state index contributed by atoms with van der Waals surface area (Å²) in [6, 6.07) is 0. The average molecular weight is 470 g/mol. The second kappa shape index (κ2) is 17.3. The summed E-state index contributed by atoms with van der Waals surface area (Å²) in [6.45, 7) is 10.0. The Morgan fingerprint density at radius 3 is 2.48 bits per heavy atom. The number of piperidine rings is 1. The highest BCUT2D eigenvalue weighted by atomic mass is 127. The fourth-order valence-electron chi connectivity index (χ4n) is 2.83. The summed E-state index contributed by atoms with van der Waals surface area (Å²) in [5.41, 5.74) is 0. The molecule has 0 radical (unpaired) electrons. The number of nitrogens with zero attached hydrogens (tertiary/aromatic N) is 2. The molecule has 0 aromatic rings. The van der Waals surface area contributed by atoms with Gasteiger partial charge in [-0.05, 0) is 44.7 Å². The quantitative estimate of drug-likeness (QED) is 0.199. The van der Waals surface area contributed by atoms with E-state index in [9.17, 15) is 0 Å². The molecule has 1 fully saturated rings. The predicted molar refractivity (Wildman–Crippen MR) is 116 cm³/mol. The van der Waals surface area contributed by atoms with Crippen molar-refractivity contribution in [3.05, 3.63) is 0 Å². The molecule has 6 nitrogen and oxygen atoms in total. The van der Waals surface area contributed by atoms with Crippen LogP contribution >= 0.6 is 24.0 Å². The number of hydrogen-bond donors (Lipinski definition) is 2. The van der Waals surface area contributed by atoms with Gasteiger partial charge in [0, 0.05) is 47.0 Å². The molecular weight excluding hydrogens is 431 g/mol. The highest BCUT2D eigenvalue weighted by Crippen LogP contribution is 2.15. The maximum absolute atomic E-state index is 5.57. The second-order valence-electron chi connectivity index (χ2n) is 6.48. The molecule has 0 unspecified atom stereocenters. The van der Waals surface area contributed by atoms with Crippen LogP contribution in [0.2, 0.25) is 0 Å². The molecule has 0 spiro atoms. The summed E-state index contributed by atoms with van der Waals surface area (Å²) in [6.07, 6.45) is 5.86. The molecule has 0 aromatic carbocycles. The number of rotatable bonds is 12. The van der Waals surface area contributed by atoms with Crippen molar-refractivity contribution < 1.29 is 9.47 Å². The Labute approximate surface area is 171 Å². The summed E-state index contributed by atoms with van der Waals surface area (Å²) < 4.78 is 10.7. The standard InChI is InChI=1S/C18H38N4O2.HI/c1-4-5-13-24-14-6-9-20-18(19-2)21-16-17-7-10-22(11-8-17)12-15-23-3;/h17H,4-16H2,1-3H3,(H2,19,20,21);1H. The van der Waals surface area contributed by atoms with Crippen molar-refractivity contribution >= 4 is 29.9 Å². The Morgan fingerprint density at radius 1 is 1.12 bits per heavy atom. The topological polar surface area (TPSA) is 58.1 Å². The Morgan fingerprint density at radius 2 is 1.84 bits per heavy atom. The van der Waals surface area contributed by atoms with E-state index in [1.165, 1.54) is 32.4 Å². The fourth-order valence-corrected chi connectivity index (χ4v) is 2.83. The lowest BCUT2D eigenvalue weighted by Gasteiger charge is -2.32. The van der Waals surface area contributed by atoms with Crippen molar-refractivity contribution in [2.45, 2.75) is 39.0 Å². The molecule has 150 valence electrons. The van der Waals surface area contributed by atoms with E-state index < -0.39 is 0 Å². The van der Waals surface area contributed by atoms with E-state index in [4.69, 9.17) is 9.47 Å². The van der Waals surface area contributed by atoms with Gasteiger partial charge in [-0.1, -0.05) is 13.3 Å². The van der Waals surface area contributed by atoms with Gasteiger partial charge >= 0.3 is 0 Å². The van der Waals surface area contributed by atoms with E-state index in [0.29, 0.717) is 0 Å². The third-order valence-electron chi connectivity index (χ3n) is 4.50. The number of guanidine groups is 1. The zero-order chi connectivity index (χ0) is 17.5. The molecular formula is C18H39IN4O2. The summed E-state index contributed by atoms with van der Waals surface area (Å²) in [7, 11) is 3.60. The molecule has 0 bridgehead atoms. The third-order valence-corrected chi connectivity index (χ3v) is 4.50. The number of unbranched alkanes of at least 4 members (excludes halogenated alkanes) is 1. The molecule has 2 N–H and O–H groups in total. The molecule has 0 atom stereocenters. The van der Waals surface area contributed by atoms with Gasteiger partial charge in [-0.15, -0.1) is 24.0 Å². The largest absolute Gasteiger partial charge is 0.383 e. The summed E-state index contributed by atoms with van der Waals surface area (Å²) in [4.78, 5) is 6.79. The van der Waals surface area contributed by atoms with Crippen LogP contribution in [0.25, 0.3) is 0 Å². The number of hydrogen-bond acceptors (Lipinski definition) is 4. The zero-order valence-electron chi connectivity index (χ0n) is 16.4. The van der Waals surface area contributed by atoms with Gasteiger partial charge in [0.25, 0.3) is 0 Å². The fraction of sp³-hybridized carbons (Fsp3) is 0.944. The highest BCUT2D eigenvalue weighted by molar-refractivity contribution is 14.0. The van der Waals surface area contributed by atoms with Gasteiger partial charge in [-0.2, -0.15) is 0 Å².